The first-order valence-corrected chi connectivity index (χ1v) is 9.82. The van der Waals surface area contributed by atoms with Gasteiger partial charge in [0.25, 0.3) is 0 Å². The molecule has 0 saturated carbocycles. The molecule has 1 fully saturated rings. The summed E-state index contributed by atoms with van der Waals surface area (Å²) in [6.45, 7) is 4.78. The Morgan fingerprint density at radius 3 is 2.19 bits per heavy atom. The fraction of sp³-hybridized carbons (Fsp3) is 0.435. The van der Waals surface area contributed by atoms with Gasteiger partial charge in [0.15, 0.2) is 0 Å². The number of piperidine rings is 1. The lowest BCUT2D eigenvalue weighted by Gasteiger charge is -2.35. The molecule has 2 aromatic rings. The van der Waals surface area contributed by atoms with Gasteiger partial charge in [0, 0.05) is 6.54 Å². The highest BCUT2D eigenvalue weighted by Crippen LogP contribution is 2.22. The fourth-order valence-corrected chi connectivity index (χ4v) is 3.78. The third-order valence-electron chi connectivity index (χ3n) is 5.50. The third kappa shape index (κ3) is 5.43. The minimum atomic E-state index is -0.0385. The van der Waals surface area contributed by atoms with E-state index in [2.05, 4.69) is 52.7 Å². The van der Waals surface area contributed by atoms with Crippen molar-refractivity contribution < 1.29 is 4.79 Å². The van der Waals surface area contributed by atoms with Gasteiger partial charge < -0.3 is 5.32 Å². The molecule has 1 heterocycles. The Morgan fingerprint density at radius 1 is 1.00 bits per heavy atom. The Labute approximate surface area is 157 Å². The van der Waals surface area contributed by atoms with Crippen molar-refractivity contribution >= 4 is 5.91 Å². The standard InChI is InChI=1S/C23H30N2O/c1-19(23(26)24-15-12-20-8-4-2-5-9-20)25-16-13-22(14-17-25)18-21-10-6-3-7-11-21/h2-11,19,22H,12-18H2,1H3,(H,24,26)/t19-/m0/s1. The van der Waals surface area contributed by atoms with Crippen molar-refractivity contribution in [3.8, 4) is 0 Å². The van der Waals surface area contributed by atoms with Crippen molar-refractivity contribution in [3.05, 3.63) is 71.8 Å². The average molecular weight is 351 g/mol. The summed E-state index contributed by atoms with van der Waals surface area (Å²) in [6.07, 6.45) is 4.40. The largest absolute Gasteiger partial charge is 0.354 e. The molecule has 3 heteroatoms. The van der Waals surface area contributed by atoms with Gasteiger partial charge in [-0.3, -0.25) is 9.69 Å². The molecule has 0 aromatic heterocycles. The highest BCUT2D eigenvalue weighted by atomic mass is 16.2. The van der Waals surface area contributed by atoms with Crippen LogP contribution in [0, 0.1) is 5.92 Å². The maximum Gasteiger partial charge on any atom is 0.237 e. The van der Waals surface area contributed by atoms with Gasteiger partial charge in [-0.25, -0.2) is 0 Å². The van der Waals surface area contributed by atoms with E-state index in [0.717, 1.165) is 31.8 Å². The van der Waals surface area contributed by atoms with Crippen LogP contribution in [-0.4, -0.2) is 36.5 Å². The number of likely N-dealkylation sites (tertiary alicyclic amines) is 1. The van der Waals surface area contributed by atoms with Crippen LogP contribution in [0.5, 0.6) is 0 Å². The summed E-state index contributed by atoms with van der Waals surface area (Å²) in [7, 11) is 0. The van der Waals surface area contributed by atoms with E-state index in [0.29, 0.717) is 6.54 Å². The Kier molecular flexibility index (Phi) is 6.84. The van der Waals surface area contributed by atoms with Gasteiger partial charge in [0.05, 0.1) is 6.04 Å². The van der Waals surface area contributed by atoms with Crippen molar-refractivity contribution in [2.45, 2.75) is 38.6 Å². The van der Waals surface area contributed by atoms with Crippen LogP contribution < -0.4 is 5.32 Å². The van der Waals surface area contributed by atoms with E-state index in [1.165, 1.54) is 24.0 Å². The number of nitrogens with zero attached hydrogens (tertiary/aromatic N) is 1. The molecule has 0 spiro atoms. The summed E-state index contributed by atoms with van der Waals surface area (Å²) < 4.78 is 0. The van der Waals surface area contributed by atoms with E-state index in [1.807, 2.05) is 25.1 Å². The van der Waals surface area contributed by atoms with Crippen molar-refractivity contribution in [1.29, 1.82) is 0 Å². The quantitative estimate of drug-likeness (QED) is 0.826. The number of carbonyl (C=O) groups is 1. The Bertz CT molecular complexity index is 663. The monoisotopic (exact) mass is 350 g/mol. The van der Waals surface area contributed by atoms with Crippen LogP contribution in [-0.2, 0) is 17.6 Å². The Hall–Kier alpha value is -2.13. The maximum atomic E-state index is 12.5. The number of rotatable bonds is 7. The lowest BCUT2D eigenvalue weighted by Crippen LogP contribution is -2.48. The van der Waals surface area contributed by atoms with Gasteiger partial charge in [0.2, 0.25) is 5.91 Å². The van der Waals surface area contributed by atoms with E-state index in [4.69, 9.17) is 0 Å². The first-order valence-electron chi connectivity index (χ1n) is 9.82. The minimum Gasteiger partial charge on any atom is -0.354 e. The molecule has 1 N–H and O–H groups in total. The van der Waals surface area contributed by atoms with Crippen LogP contribution in [0.1, 0.15) is 30.9 Å². The van der Waals surface area contributed by atoms with E-state index in [-0.39, 0.29) is 11.9 Å². The van der Waals surface area contributed by atoms with Crippen LogP contribution in [0.4, 0.5) is 0 Å². The first-order chi connectivity index (χ1) is 12.7. The maximum absolute atomic E-state index is 12.5. The number of benzene rings is 2. The summed E-state index contributed by atoms with van der Waals surface area (Å²) in [5.41, 5.74) is 2.69. The molecule has 0 bridgehead atoms. The van der Waals surface area contributed by atoms with Crippen molar-refractivity contribution in [3.63, 3.8) is 0 Å². The molecule has 1 aliphatic heterocycles. The number of hydrogen-bond donors (Lipinski definition) is 1. The lowest BCUT2D eigenvalue weighted by atomic mass is 9.89. The molecule has 138 valence electrons. The van der Waals surface area contributed by atoms with Crippen LogP contribution in [0.3, 0.4) is 0 Å². The summed E-state index contributed by atoms with van der Waals surface area (Å²) in [4.78, 5) is 14.8. The molecule has 1 atom stereocenters. The van der Waals surface area contributed by atoms with Crippen molar-refractivity contribution in [1.82, 2.24) is 10.2 Å². The highest BCUT2D eigenvalue weighted by molar-refractivity contribution is 5.81. The van der Waals surface area contributed by atoms with E-state index < -0.39 is 0 Å². The van der Waals surface area contributed by atoms with E-state index >= 15 is 0 Å². The minimum absolute atomic E-state index is 0.0385. The molecule has 0 unspecified atom stereocenters. The number of hydrogen-bond acceptors (Lipinski definition) is 2. The highest BCUT2D eigenvalue weighted by Gasteiger charge is 2.26. The molecule has 3 rings (SSSR count). The predicted molar refractivity (Wildman–Crippen MR) is 107 cm³/mol. The molecular weight excluding hydrogens is 320 g/mol. The van der Waals surface area contributed by atoms with Crippen LogP contribution in [0.15, 0.2) is 60.7 Å². The molecular formula is C23H30N2O. The summed E-state index contributed by atoms with van der Waals surface area (Å²) >= 11 is 0. The smallest absolute Gasteiger partial charge is 0.237 e. The zero-order valence-corrected chi connectivity index (χ0v) is 15.7. The van der Waals surface area contributed by atoms with E-state index in [1.54, 1.807) is 0 Å². The number of nitrogens with one attached hydrogen (secondary N) is 1. The summed E-state index contributed by atoms with van der Waals surface area (Å²) in [5, 5.41) is 3.10. The van der Waals surface area contributed by atoms with Gasteiger partial charge >= 0.3 is 0 Å². The Balaban J connectivity index is 1.38. The van der Waals surface area contributed by atoms with Gasteiger partial charge in [-0.2, -0.15) is 0 Å². The van der Waals surface area contributed by atoms with E-state index in [9.17, 15) is 4.79 Å². The SMILES string of the molecule is C[C@@H](C(=O)NCCc1ccccc1)N1CCC(Cc2ccccc2)CC1. The fourth-order valence-electron chi connectivity index (χ4n) is 3.78. The predicted octanol–water partition coefficient (Wildman–Crippen LogP) is 3.69. The summed E-state index contributed by atoms with van der Waals surface area (Å²) in [5.74, 6) is 0.893. The topological polar surface area (TPSA) is 32.3 Å². The Morgan fingerprint density at radius 2 is 1.58 bits per heavy atom. The van der Waals surface area contributed by atoms with Gasteiger partial charge in [-0.05, 0) is 62.7 Å². The molecule has 26 heavy (non-hydrogen) atoms. The second-order valence-corrected chi connectivity index (χ2v) is 7.37. The third-order valence-corrected chi connectivity index (χ3v) is 5.50. The molecule has 1 amide bonds. The molecule has 1 saturated heterocycles. The lowest BCUT2D eigenvalue weighted by molar-refractivity contribution is -0.126. The molecule has 0 radical (unpaired) electrons. The van der Waals surface area contributed by atoms with Gasteiger partial charge in [-0.15, -0.1) is 0 Å². The molecule has 2 aromatic carbocycles. The molecule has 0 aliphatic carbocycles. The second kappa shape index (κ2) is 9.54. The van der Waals surface area contributed by atoms with Crippen molar-refractivity contribution in [2.75, 3.05) is 19.6 Å². The zero-order valence-electron chi connectivity index (χ0n) is 15.7. The molecule has 1 aliphatic rings. The van der Waals surface area contributed by atoms with Crippen LogP contribution >= 0.6 is 0 Å². The second-order valence-electron chi connectivity index (χ2n) is 7.37. The van der Waals surface area contributed by atoms with Crippen LogP contribution in [0.25, 0.3) is 0 Å². The van der Waals surface area contributed by atoms with Gasteiger partial charge in [0.1, 0.15) is 0 Å². The normalized spacial score (nSPS) is 17.0. The molecule has 3 nitrogen and oxygen atoms in total. The average Bonchev–Trinajstić information content (AvgIpc) is 2.69. The zero-order chi connectivity index (χ0) is 18.2. The first kappa shape index (κ1) is 18.7. The number of amides is 1. The number of carbonyl (C=O) groups excluding carboxylic acids is 1. The van der Waals surface area contributed by atoms with Crippen molar-refractivity contribution in [2.24, 2.45) is 5.92 Å². The van der Waals surface area contributed by atoms with Gasteiger partial charge in [-0.1, -0.05) is 60.7 Å². The van der Waals surface area contributed by atoms with Crippen LogP contribution in [0.2, 0.25) is 0 Å². The summed E-state index contributed by atoms with van der Waals surface area (Å²) in [6, 6.07) is 21.0.